The van der Waals surface area contributed by atoms with Crippen LogP contribution in [-0.2, 0) is 9.47 Å². The van der Waals surface area contributed by atoms with Crippen LogP contribution in [0.25, 0.3) is 20.7 Å². The third kappa shape index (κ3) is 18.0. The minimum atomic E-state index is -1.15. The molecule has 0 aromatic carbocycles. The van der Waals surface area contributed by atoms with E-state index in [-0.39, 0.29) is 47.6 Å². The van der Waals surface area contributed by atoms with Gasteiger partial charge in [0.25, 0.3) is 0 Å². The van der Waals surface area contributed by atoms with E-state index in [0.717, 1.165) is 82.0 Å². The number of aromatic carboxylic acids is 1. The van der Waals surface area contributed by atoms with Gasteiger partial charge in [0.15, 0.2) is 22.8 Å². The summed E-state index contributed by atoms with van der Waals surface area (Å²) in [4.78, 5) is 85.9. The zero-order valence-corrected chi connectivity index (χ0v) is 47.1. The number of carbonyl (C=O) groups is 4. The van der Waals surface area contributed by atoms with Crippen molar-refractivity contribution in [3.8, 4) is 0 Å². The molecule has 20 nitrogen and oxygen atoms in total. The van der Waals surface area contributed by atoms with Gasteiger partial charge in [0.1, 0.15) is 37.9 Å². The summed E-state index contributed by atoms with van der Waals surface area (Å²) >= 11 is 2.64. The third-order valence-corrected chi connectivity index (χ3v) is 14.4. The SMILES string of the molecule is CC(C)(C)OC(=O)N1CCC(CCN)CC1.Cc1nc2nc(N[C@@H](C)c3cncc(F)c3)nc(C(=O)CCCC3CCN(C(=O)OC(C)(C)C)CC3)c2s1.Cc1nc2nc(N[C@@H](C)c3cncc(F)c3)nc(C(=O)O)c2s1. The lowest BCUT2D eigenvalue weighted by atomic mass is 9.91. The number of nitrogens with two attached hydrogens (primary N) is 1. The number of aromatic nitrogens is 8. The van der Waals surface area contributed by atoms with Crippen molar-refractivity contribution in [3.63, 3.8) is 0 Å². The Kier molecular flexibility index (Phi) is 20.6. The van der Waals surface area contributed by atoms with E-state index in [9.17, 15) is 33.1 Å². The molecule has 416 valence electrons. The summed E-state index contributed by atoms with van der Waals surface area (Å²) in [5.41, 5.74) is 6.95. The molecule has 0 saturated carbocycles. The number of hydrogen-bond acceptors (Lipinski definition) is 19. The predicted molar refractivity (Wildman–Crippen MR) is 292 cm³/mol. The Morgan fingerprint density at radius 2 is 1.09 bits per heavy atom. The van der Waals surface area contributed by atoms with Gasteiger partial charge in [-0.25, -0.2) is 43.1 Å². The second kappa shape index (κ2) is 26.6. The van der Waals surface area contributed by atoms with Crippen LogP contribution in [0.2, 0.25) is 0 Å². The zero-order chi connectivity index (χ0) is 56.2. The fraction of sp³-hybridized carbons (Fsp3) is 0.547. The van der Waals surface area contributed by atoms with Crippen LogP contribution in [0.1, 0.15) is 161 Å². The van der Waals surface area contributed by atoms with Crippen LogP contribution < -0.4 is 16.4 Å². The number of ether oxygens (including phenoxy) is 2. The smallest absolute Gasteiger partial charge is 0.410 e. The van der Waals surface area contributed by atoms with Gasteiger partial charge >= 0.3 is 18.2 Å². The predicted octanol–water partition coefficient (Wildman–Crippen LogP) is 10.9. The third-order valence-electron chi connectivity index (χ3n) is 12.5. The molecule has 0 radical (unpaired) electrons. The van der Waals surface area contributed by atoms with Gasteiger partial charge in [0, 0.05) is 45.0 Å². The molecule has 2 aliphatic heterocycles. The summed E-state index contributed by atoms with van der Waals surface area (Å²) in [5, 5.41) is 16.9. The Balaban J connectivity index is 0.000000208. The molecular formula is C53H71F2N13O7S2. The first kappa shape index (κ1) is 59.6. The van der Waals surface area contributed by atoms with Crippen molar-refractivity contribution in [1.29, 1.82) is 0 Å². The number of hydrogen-bond donors (Lipinski definition) is 4. The van der Waals surface area contributed by atoms with Crippen LogP contribution in [0.15, 0.2) is 36.9 Å². The molecule has 0 spiro atoms. The first-order chi connectivity index (χ1) is 36.3. The number of likely N-dealkylation sites (tertiary alicyclic amines) is 2. The topological polar surface area (TPSA) is 267 Å². The lowest BCUT2D eigenvalue weighted by Crippen LogP contribution is -2.41. The van der Waals surface area contributed by atoms with Gasteiger partial charge in [0.05, 0.1) is 34.5 Å². The van der Waals surface area contributed by atoms with Crippen molar-refractivity contribution in [1.82, 2.24) is 49.7 Å². The quantitative estimate of drug-likeness (QED) is 0.0738. The number of anilines is 2. The van der Waals surface area contributed by atoms with E-state index in [0.29, 0.717) is 73.9 Å². The normalized spacial score (nSPS) is 15.2. The molecule has 0 bridgehead atoms. The molecule has 2 saturated heterocycles. The molecule has 8 rings (SSSR count). The average Bonchev–Trinajstić information content (AvgIpc) is 3.93. The van der Waals surface area contributed by atoms with Crippen LogP contribution in [0.3, 0.4) is 0 Å². The molecule has 2 amide bonds. The molecule has 0 unspecified atom stereocenters. The highest BCUT2D eigenvalue weighted by molar-refractivity contribution is 7.19. The number of fused-ring (bicyclic) bond motifs is 2. The lowest BCUT2D eigenvalue weighted by molar-refractivity contribution is 0.0171. The average molecular weight is 1100 g/mol. The number of pyridine rings is 2. The van der Waals surface area contributed by atoms with Crippen molar-refractivity contribution in [2.75, 3.05) is 43.4 Å². The number of carboxylic acid groups (broad SMARTS) is 1. The number of carbonyl (C=O) groups excluding carboxylic acids is 3. The maximum atomic E-state index is 13.6. The van der Waals surface area contributed by atoms with Crippen molar-refractivity contribution < 1.29 is 42.5 Å². The number of nitrogens with one attached hydrogen (secondary N) is 2. The highest BCUT2D eigenvalue weighted by Crippen LogP contribution is 2.30. The van der Waals surface area contributed by atoms with E-state index >= 15 is 0 Å². The molecule has 2 fully saturated rings. The lowest BCUT2D eigenvalue weighted by Gasteiger charge is -2.33. The van der Waals surface area contributed by atoms with E-state index < -0.39 is 28.8 Å². The molecule has 77 heavy (non-hydrogen) atoms. The van der Waals surface area contributed by atoms with E-state index in [1.165, 1.54) is 41.0 Å². The maximum Gasteiger partial charge on any atom is 0.410 e. The van der Waals surface area contributed by atoms with Crippen LogP contribution in [0.5, 0.6) is 0 Å². The number of Topliss-reactive ketones (excluding diaryl/α,β-unsaturated/α-hetero) is 1. The highest BCUT2D eigenvalue weighted by atomic mass is 32.1. The molecular weight excluding hydrogens is 1030 g/mol. The minimum Gasteiger partial charge on any atom is -0.476 e. The maximum absolute atomic E-state index is 13.6. The molecule has 6 aromatic heterocycles. The van der Waals surface area contributed by atoms with Crippen LogP contribution in [-0.4, -0.2) is 123 Å². The van der Waals surface area contributed by atoms with Crippen molar-refractivity contribution in [2.24, 2.45) is 17.6 Å². The monoisotopic (exact) mass is 1100 g/mol. The Hall–Kier alpha value is -6.66. The van der Waals surface area contributed by atoms with Gasteiger partial charge in [-0.1, -0.05) is 0 Å². The minimum absolute atomic E-state index is 0.0460. The zero-order valence-electron chi connectivity index (χ0n) is 45.5. The fourth-order valence-corrected chi connectivity index (χ4v) is 10.3. The first-order valence-corrected chi connectivity index (χ1v) is 27.4. The summed E-state index contributed by atoms with van der Waals surface area (Å²) in [6, 6.07) is 2.08. The van der Waals surface area contributed by atoms with Gasteiger partial charge in [-0.2, -0.15) is 9.97 Å². The number of thiazole rings is 2. The van der Waals surface area contributed by atoms with E-state index in [1.807, 2.05) is 55.4 Å². The Labute approximate surface area is 455 Å². The Bertz CT molecular complexity index is 2990. The number of ketones is 1. The number of halogens is 2. The number of aryl methyl sites for hydroxylation is 2. The van der Waals surface area contributed by atoms with Crippen LogP contribution >= 0.6 is 22.7 Å². The number of nitrogens with zero attached hydrogens (tertiary/aromatic N) is 10. The summed E-state index contributed by atoms with van der Waals surface area (Å²) in [5.74, 6) is -0.518. The van der Waals surface area contributed by atoms with E-state index in [4.69, 9.17) is 15.2 Å². The largest absolute Gasteiger partial charge is 0.476 e. The summed E-state index contributed by atoms with van der Waals surface area (Å²) in [7, 11) is 0. The van der Waals surface area contributed by atoms with Crippen molar-refractivity contribution in [2.45, 2.75) is 144 Å². The molecule has 8 heterocycles. The molecule has 0 aliphatic carbocycles. The van der Waals surface area contributed by atoms with Gasteiger partial charge < -0.3 is 40.7 Å². The van der Waals surface area contributed by atoms with E-state index in [1.54, 1.807) is 29.8 Å². The molecule has 5 N–H and O–H groups in total. The standard InChI is InChI=1S/C27H35FN6O3S.C14H12FN5O2S.C12H24N2O2/c1-16(19-13-20(28)15-29-14-19)30-25-32-22(23-24(33-25)31-17(2)38-23)21(35)8-6-7-18-9-11-34(12-10-18)26(36)37-27(3,4)5;1-6(8-3-9(15)5-16-4-8)17-14-19-10(13(21)22)11-12(20-14)18-7(2)23-11;1-12(2,3)16-11(15)14-8-5-10(4-7-13)6-9-14/h13-16,18H,6-12H2,1-5H3,(H,30,32,33);3-6H,1-2H3,(H,21,22)(H,17,19,20);10H,4-9,13H2,1-3H3/t16-;6-;/m00./s1. The Morgan fingerprint density at radius 3 is 1.49 bits per heavy atom. The number of piperidine rings is 2. The number of carboxylic acids is 1. The van der Waals surface area contributed by atoms with Gasteiger partial charge in [0.2, 0.25) is 11.9 Å². The second-order valence-electron chi connectivity index (χ2n) is 21.2. The fourth-order valence-electron chi connectivity index (χ4n) is 8.57. The van der Waals surface area contributed by atoms with Gasteiger partial charge in [-0.15, -0.1) is 22.7 Å². The van der Waals surface area contributed by atoms with Gasteiger partial charge in [-0.3, -0.25) is 14.8 Å². The summed E-state index contributed by atoms with van der Waals surface area (Å²) < 4.78 is 38.8. The van der Waals surface area contributed by atoms with Gasteiger partial charge in [-0.05, 0) is 156 Å². The molecule has 2 atom stereocenters. The van der Waals surface area contributed by atoms with Crippen molar-refractivity contribution >= 4 is 79.2 Å². The van der Waals surface area contributed by atoms with Crippen LogP contribution in [0, 0.1) is 37.3 Å². The summed E-state index contributed by atoms with van der Waals surface area (Å²) in [6.45, 7) is 22.3. The van der Waals surface area contributed by atoms with Crippen molar-refractivity contribution in [3.05, 3.63) is 81.1 Å². The van der Waals surface area contributed by atoms with Crippen LogP contribution in [0.4, 0.5) is 30.3 Å². The number of amides is 2. The highest BCUT2D eigenvalue weighted by Gasteiger charge is 2.29. The Morgan fingerprint density at radius 1 is 0.675 bits per heavy atom. The van der Waals surface area contributed by atoms with E-state index in [2.05, 4.69) is 50.5 Å². The molecule has 6 aromatic rings. The molecule has 24 heteroatoms. The second-order valence-corrected chi connectivity index (χ2v) is 23.6. The number of rotatable bonds is 14. The summed E-state index contributed by atoms with van der Waals surface area (Å²) in [6.07, 6.45) is 11.9. The first-order valence-electron chi connectivity index (χ1n) is 25.8. The molecule has 2 aliphatic rings.